The molecule has 29 heavy (non-hydrogen) atoms. The highest BCUT2D eigenvalue weighted by molar-refractivity contribution is 6.29. The molecular weight excluding hydrogens is 392 g/mol. The third-order valence-electron chi connectivity index (χ3n) is 4.58. The van der Waals surface area contributed by atoms with E-state index in [1.54, 1.807) is 24.9 Å². The van der Waals surface area contributed by atoms with Gasteiger partial charge in [-0.3, -0.25) is 10.1 Å². The summed E-state index contributed by atoms with van der Waals surface area (Å²) >= 11 is 5.97. The van der Waals surface area contributed by atoms with Crippen LogP contribution in [0.1, 0.15) is 19.4 Å². The van der Waals surface area contributed by atoms with Gasteiger partial charge in [-0.05, 0) is 25.5 Å². The van der Waals surface area contributed by atoms with Crippen LogP contribution in [0.2, 0.25) is 0 Å². The Morgan fingerprint density at radius 3 is 2.72 bits per heavy atom. The molecule has 0 aliphatic carbocycles. The minimum absolute atomic E-state index is 0.353. The molecule has 1 fully saturated rings. The Labute approximate surface area is 174 Å². The first-order chi connectivity index (χ1) is 13.9. The number of fused-ring (bicyclic) bond motifs is 1. The molecule has 2 aliphatic rings. The lowest BCUT2D eigenvalue weighted by Gasteiger charge is -2.35. The lowest BCUT2D eigenvalue weighted by atomic mass is 10.1. The van der Waals surface area contributed by atoms with Crippen molar-refractivity contribution in [1.29, 1.82) is 0 Å². The van der Waals surface area contributed by atoms with Crippen LogP contribution in [0.5, 0.6) is 0 Å². The zero-order valence-electron chi connectivity index (χ0n) is 16.5. The number of imide groups is 1. The fourth-order valence-electron chi connectivity index (χ4n) is 3.00. The van der Waals surface area contributed by atoms with E-state index in [0.29, 0.717) is 17.5 Å². The Kier molecular flexibility index (Phi) is 6.33. The molecule has 1 aromatic rings. The van der Waals surface area contributed by atoms with E-state index in [1.807, 2.05) is 49.4 Å². The first-order valence-electron chi connectivity index (χ1n) is 9.14. The molecule has 0 saturated carbocycles. The standard InChI is InChI=1S/C20H23ClN6O2/c1-13(21)11-12-27-16-17(26(3)20(29)23-18(16)28)22-19(27)25-24-14(2)9-10-15-7-5-4-6-8-15/h4-11,16-17H,12H2,1-3H3,(H,22,25)(H,23,28,29)/b10-9+,13-11-,24-14-. The minimum Gasteiger partial charge on any atom is -0.322 e. The predicted molar refractivity (Wildman–Crippen MR) is 114 cm³/mol. The molecule has 8 nitrogen and oxygen atoms in total. The number of hydrazone groups is 1. The van der Waals surface area contributed by atoms with Crippen LogP contribution in [0.3, 0.4) is 0 Å². The van der Waals surface area contributed by atoms with E-state index in [1.165, 1.54) is 4.90 Å². The van der Waals surface area contributed by atoms with E-state index in [0.717, 1.165) is 11.3 Å². The van der Waals surface area contributed by atoms with Gasteiger partial charge in [-0.2, -0.15) is 5.10 Å². The molecule has 0 radical (unpaired) electrons. The van der Waals surface area contributed by atoms with E-state index in [-0.39, 0.29) is 0 Å². The number of nitrogens with zero attached hydrogens (tertiary/aromatic N) is 4. The second-order valence-electron chi connectivity index (χ2n) is 6.77. The molecule has 2 unspecified atom stereocenters. The summed E-state index contributed by atoms with van der Waals surface area (Å²) in [6, 6.07) is 8.76. The van der Waals surface area contributed by atoms with Crippen LogP contribution < -0.4 is 10.7 Å². The number of urea groups is 1. The third-order valence-corrected chi connectivity index (χ3v) is 4.73. The molecule has 1 aromatic carbocycles. The molecule has 3 amide bonds. The third kappa shape index (κ3) is 4.83. The van der Waals surface area contributed by atoms with Gasteiger partial charge in [0.2, 0.25) is 5.96 Å². The van der Waals surface area contributed by atoms with Crippen LogP contribution in [0.15, 0.2) is 57.6 Å². The maximum absolute atomic E-state index is 12.4. The van der Waals surface area contributed by atoms with Gasteiger partial charge in [0.25, 0.3) is 5.91 Å². The van der Waals surface area contributed by atoms with Crippen LogP contribution in [0.25, 0.3) is 6.08 Å². The molecule has 0 spiro atoms. The number of allylic oxidation sites excluding steroid dienone is 2. The van der Waals surface area contributed by atoms with Gasteiger partial charge < -0.3 is 9.80 Å². The van der Waals surface area contributed by atoms with Crippen molar-refractivity contribution in [2.24, 2.45) is 10.1 Å². The quantitative estimate of drug-likeness (QED) is 0.571. The lowest BCUT2D eigenvalue weighted by molar-refractivity contribution is -0.126. The molecule has 2 atom stereocenters. The van der Waals surface area contributed by atoms with Crippen molar-refractivity contribution in [3.8, 4) is 0 Å². The van der Waals surface area contributed by atoms with Crippen LogP contribution in [0.4, 0.5) is 4.79 Å². The van der Waals surface area contributed by atoms with Crippen molar-refractivity contribution >= 4 is 41.3 Å². The average Bonchev–Trinajstić information content (AvgIpc) is 3.07. The first kappa shape index (κ1) is 20.6. The minimum atomic E-state index is -0.650. The number of benzene rings is 1. The second-order valence-corrected chi connectivity index (χ2v) is 7.36. The van der Waals surface area contributed by atoms with E-state index in [2.05, 4.69) is 20.8 Å². The summed E-state index contributed by atoms with van der Waals surface area (Å²) in [5.74, 6) is 0.00211. The zero-order valence-corrected chi connectivity index (χ0v) is 17.2. The van der Waals surface area contributed by atoms with Gasteiger partial charge >= 0.3 is 6.03 Å². The summed E-state index contributed by atoms with van der Waals surface area (Å²) < 4.78 is 0. The van der Waals surface area contributed by atoms with E-state index >= 15 is 0 Å². The van der Waals surface area contributed by atoms with Crippen LogP contribution >= 0.6 is 11.6 Å². The van der Waals surface area contributed by atoms with Gasteiger partial charge in [-0.1, -0.05) is 54.1 Å². The van der Waals surface area contributed by atoms with Gasteiger partial charge in [0.15, 0.2) is 12.2 Å². The second kappa shape index (κ2) is 8.91. The molecule has 2 N–H and O–H groups in total. The Morgan fingerprint density at radius 1 is 1.31 bits per heavy atom. The normalized spacial score (nSPS) is 22.7. The fraction of sp³-hybridized carbons (Fsp3) is 0.300. The van der Waals surface area contributed by atoms with Gasteiger partial charge in [-0.15, -0.1) is 0 Å². The van der Waals surface area contributed by atoms with Crippen LogP contribution in [-0.4, -0.2) is 59.2 Å². The fourth-order valence-corrected chi connectivity index (χ4v) is 3.07. The largest absolute Gasteiger partial charge is 0.325 e. The SMILES string of the molecule is C/C(Cl)=C/CN1C(N/N=C(C)\C=C\c2ccccc2)=NC2C1C(=O)NC(=O)N2C. The summed E-state index contributed by atoms with van der Waals surface area (Å²) in [6.07, 6.45) is 4.98. The number of likely N-dealkylation sites (N-methyl/N-ethyl adjacent to an activating group) is 1. The summed E-state index contributed by atoms with van der Waals surface area (Å²) in [6.45, 7) is 3.96. The molecular formula is C20H23ClN6O2. The lowest BCUT2D eigenvalue weighted by Crippen LogP contribution is -2.64. The predicted octanol–water partition coefficient (Wildman–Crippen LogP) is 2.36. The molecule has 3 rings (SSSR count). The van der Waals surface area contributed by atoms with Crippen LogP contribution in [0, 0.1) is 0 Å². The van der Waals surface area contributed by atoms with E-state index < -0.39 is 24.1 Å². The smallest absolute Gasteiger partial charge is 0.322 e. The number of halogens is 1. The van der Waals surface area contributed by atoms with Crippen molar-refractivity contribution < 1.29 is 9.59 Å². The molecule has 9 heteroatoms. The molecule has 152 valence electrons. The van der Waals surface area contributed by atoms with Crippen molar-refractivity contribution in [3.05, 3.63) is 53.1 Å². The number of rotatable bonds is 5. The maximum Gasteiger partial charge on any atom is 0.325 e. The van der Waals surface area contributed by atoms with Gasteiger partial charge in [0.05, 0.1) is 5.71 Å². The van der Waals surface area contributed by atoms with Gasteiger partial charge in [0.1, 0.15) is 0 Å². The maximum atomic E-state index is 12.4. The number of amides is 3. The monoisotopic (exact) mass is 414 g/mol. The highest BCUT2D eigenvalue weighted by Gasteiger charge is 2.48. The number of carbonyl (C=O) groups excluding carboxylic acids is 2. The number of guanidine groups is 1. The molecule has 0 aromatic heterocycles. The number of carbonyl (C=O) groups is 2. The summed E-state index contributed by atoms with van der Waals surface area (Å²) in [5, 5.41) is 7.29. The van der Waals surface area contributed by atoms with Gasteiger partial charge in [0, 0.05) is 18.6 Å². The molecule has 2 heterocycles. The van der Waals surface area contributed by atoms with E-state index in [4.69, 9.17) is 11.6 Å². The first-order valence-corrected chi connectivity index (χ1v) is 9.52. The Hall–Kier alpha value is -3.13. The van der Waals surface area contributed by atoms with Crippen molar-refractivity contribution in [2.75, 3.05) is 13.6 Å². The number of hydrogen-bond donors (Lipinski definition) is 2. The van der Waals surface area contributed by atoms with Crippen molar-refractivity contribution in [3.63, 3.8) is 0 Å². The van der Waals surface area contributed by atoms with Crippen molar-refractivity contribution in [2.45, 2.75) is 26.1 Å². The van der Waals surface area contributed by atoms with Crippen molar-refractivity contribution in [1.82, 2.24) is 20.5 Å². The highest BCUT2D eigenvalue weighted by atomic mass is 35.5. The number of hydrogen-bond acceptors (Lipinski definition) is 6. The van der Waals surface area contributed by atoms with Crippen LogP contribution in [-0.2, 0) is 4.79 Å². The number of nitrogens with one attached hydrogen (secondary N) is 2. The molecule has 1 saturated heterocycles. The summed E-state index contributed by atoms with van der Waals surface area (Å²) in [4.78, 5) is 32.0. The van der Waals surface area contributed by atoms with Gasteiger partial charge in [-0.25, -0.2) is 15.2 Å². The Bertz CT molecular complexity index is 905. The molecule has 2 aliphatic heterocycles. The highest BCUT2D eigenvalue weighted by Crippen LogP contribution is 2.23. The summed E-state index contributed by atoms with van der Waals surface area (Å²) in [7, 11) is 1.60. The van der Waals surface area contributed by atoms with E-state index in [9.17, 15) is 9.59 Å². The Balaban J connectivity index is 1.79. The topological polar surface area (TPSA) is 89.4 Å². The number of aliphatic imine (C=N–C) groups is 1. The zero-order chi connectivity index (χ0) is 21.0. The Morgan fingerprint density at radius 2 is 2.03 bits per heavy atom. The average molecular weight is 415 g/mol. The molecule has 0 bridgehead atoms. The summed E-state index contributed by atoms with van der Waals surface area (Å²) in [5.41, 5.74) is 4.71.